The Morgan fingerprint density at radius 1 is 1.22 bits per heavy atom. The predicted octanol–water partition coefficient (Wildman–Crippen LogP) is 2.11. The lowest BCUT2D eigenvalue weighted by Crippen LogP contribution is -2.43. The minimum absolute atomic E-state index is 0.169. The molecule has 1 heterocycles. The molecule has 2 fully saturated rings. The number of carboxylic acid groups (broad SMARTS) is 1. The number of nitrogens with zero attached hydrogens (tertiary/aromatic N) is 1. The lowest BCUT2D eigenvalue weighted by atomic mass is 9.97. The fourth-order valence-electron chi connectivity index (χ4n) is 2.64. The summed E-state index contributed by atoms with van der Waals surface area (Å²) in [7, 11) is 0. The number of carboxylic acids is 1. The Hall–Kier alpha value is -1.26. The van der Waals surface area contributed by atoms with Crippen LogP contribution in [0.4, 0.5) is 4.79 Å². The van der Waals surface area contributed by atoms with Crippen LogP contribution >= 0.6 is 0 Å². The van der Waals surface area contributed by atoms with Crippen LogP contribution in [0.3, 0.4) is 0 Å². The molecule has 0 aromatic rings. The van der Waals surface area contributed by atoms with Crippen LogP contribution in [0.25, 0.3) is 0 Å². The summed E-state index contributed by atoms with van der Waals surface area (Å²) >= 11 is 0. The van der Waals surface area contributed by atoms with Crippen molar-refractivity contribution in [1.29, 1.82) is 0 Å². The van der Waals surface area contributed by atoms with Crippen LogP contribution in [0, 0.1) is 11.8 Å². The van der Waals surface area contributed by atoms with E-state index in [0.29, 0.717) is 18.9 Å². The van der Waals surface area contributed by atoms with E-state index in [4.69, 9.17) is 4.74 Å². The van der Waals surface area contributed by atoms with Gasteiger partial charge < -0.3 is 14.7 Å². The summed E-state index contributed by atoms with van der Waals surface area (Å²) in [6.45, 7) is 5.96. The highest BCUT2D eigenvalue weighted by atomic mass is 16.6. The zero-order valence-corrected chi connectivity index (χ0v) is 11.2. The Morgan fingerprint density at radius 3 is 2.28 bits per heavy atom. The molecule has 102 valence electrons. The van der Waals surface area contributed by atoms with Gasteiger partial charge in [-0.3, -0.25) is 4.79 Å². The van der Waals surface area contributed by atoms with Crippen LogP contribution in [-0.2, 0) is 9.53 Å². The smallest absolute Gasteiger partial charge is 0.410 e. The van der Waals surface area contributed by atoms with Gasteiger partial charge in [0.15, 0.2) is 0 Å². The molecule has 1 amide bonds. The molecule has 0 radical (unpaired) electrons. The third kappa shape index (κ3) is 2.76. The molecule has 1 saturated heterocycles. The molecule has 1 aliphatic heterocycles. The molecule has 0 aromatic heterocycles. The summed E-state index contributed by atoms with van der Waals surface area (Å²) in [6, 6.07) is -0.169. The first-order valence-electron chi connectivity index (χ1n) is 6.52. The number of carbonyl (C=O) groups excluding carboxylic acids is 1. The normalized spacial score (nSPS) is 28.3. The number of hydrogen-bond acceptors (Lipinski definition) is 3. The maximum Gasteiger partial charge on any atom is 0.410 e. The molecule has 1 saturated carbocycles. The largest absolute Gasteiger partial charge is 0.481 e. The number of ether oxygens (including phenoxy) is 1. The highest BCUT2D eigenvalue weighted by Crippen LogP contribution is 2.43. The fourth-order valence-corrected chi connectivity index (χ4v) is 2.64. The molecule has 5 heteroatoms. The van der Waals surface area contributed by atoms with Crippen molar-refractivity contribution in [2.45, 2.75) is 51.7 Å². The number of hydrogen-bond donors (Lipinski definition) is 1. The van der Waals surface area contributed by atoms with Gasteiger partial charge in [-0.2, -0.15) is 0 Å². The molecule has 18 heavy (non-hydrogen) atoms. The summed E-state index contributed by atoms with van der Waals surface area (Å²) in [4.78, 5) is 24.9. The van der Waals surface area contributed by atoms with Crippen LogP contribution in [0.1, 0.15) is 40.0 Å². The Labute approximate surface area is 107 Å². The summed E-state index contributed by atoms with van der Waals surface area (Å²) in [6.07, 6.45) is 2.21. The van der Waals surface area contributed by atoms with E-state index >= 15 is 0 Å². The maximum absolute atomic E-state index is 12.1. The average molecular weight is 255 g/mol. The quantitative estimate of drug-likeness (QED) is 0.820. The van der Waals surface area contributed by atoms with Gasteiger partial charge in [-0.1, -0.05) is 0 Å². The second kappa shape index (κ2) is 4.44. The first-order chi connectivity index (χ1) is 8.29. The van der Waals surface area contributed by atoms with E-state index in [0.717, 1.165) is 12.8 Å². The minimum Gasteiger partial charge on any atom is -0.481 e. The van der Waals surface area contributed by atoms with Crippen molar-refractivity contribution in [3.05, 3.63) is 0 Å². The monoisotopic (exact) mass is 255 g/mol. The van der Waals surface area contributed by atoms with E-state index in [1.54, 1.807) is 4.90 Å². The van der Waals surface area contributed by atoms with Gasteiger partial charge in [0, 0.05) is 6.54 Å². The van der Waals surface area contributed by atoms with Gasteiger partial charge in [-0.15, -0.1) is 0 Å². The summed E-state index contributed by atoms with van der Waals surface area (Å²) in [5, 5.41) is 9.21. The fraction of sp³-hybridized carbons (Fsp3) is 0.846. The van der Waals surface area contributed by atoms with E-state index in [-0.39, 0.29) is 12.1 Å². The molecule has 2 aliphatic rings. The molecule has 2 atom stereocenters. The van der Waals surface area contributed by atoms with Crippen LogP contribution < -0.4 is 0 Å². The number of likely N-dealkylation sites (tertiary alicyclic amines) is 1. The molecule has 2 unspecified atom stereocenters. The predicted molar refractivity (Wildman–Crippen MR) is 65.2 cm³/mol. The van der Waals surface area contributed by atoms with Gasteiger partial charge in [0.1, 0.15) is 5.60 Å². The summed E-state index contributed by atoms with van der Waals surface area (Å²) in [5.74, 6) is -0.871. The Balaban J connectivity index is 2.08. The van der Waals surface area contributed by atoms with Crippen molar-refractivity contribution in [2.24, 2.45) is 11.8 Å². The van der Waals surface area contributed by atoms with E-state index in [9.17, 15) is 14.7 Å². The minimum atomic E-state index is -0.794. The summed E-state index contributed by atoms with van der Waals surface area (Å²) in [5.41, 5.74) is -0.535. The molecular weight excluding hydrogens is 234 g/mol. The van der Waals surface area contributed by atoms with Crippen molar-refractivity contribution in [1.82, 2.24) is 4.90 Å². The molecule has 1 aliphatic carbocycles. The maximum atomic E-state index is 12.1. The Morgan fingerprint density at radius 2 is 1.83 bits per heavy atom. The highest BCUT2D eigenvalue weighted by Gasteiger charge is 2.49. The standard InChI is InChI=1S/C13H21NO4/c1-13(2,3)18-12(17)14-7-6-9(11(15)16)10(14)8-4-5-8/h8-10H,4-7H2,1-3H3,(H,15,16). The van der Waals surface area contributed by atoms with Gasteiger partial charge in [0.2, 0.25) is 0 Å². The van der Waals surface area contributed by atoms with Gasteiger partial charge in [0.05, 0.1) is 12.0 Å². The number of rotatable bonds is 2. The second-order valence-electron chi connectivity index (χ2n) is 6.24. The lowest BCUT2D eigenvalue weighted by molar-refractivity contribution is -0.142. The molecule has 1 N–H and O–H groups in total. The third-order valence-electron chi connectivity index (χ3n) is 3.50. The molecule has 0 aromatic carbocycles. The average Bonchev–Trinajstić information content (AvgIpc) is 2.93. The molecule has 5 nitrogen and oxygen atoms in total. The zero-order chi connectivity index (χ0) is 13.5. The van der Waals surface area contributed by atoms with Crippen LogP contribution in [-0.4, -0.2) is 40.3 Å². The molecule has 2 rings (SSSR count). The summed E-state index contributed by atoms with van der Waals surface area (Å²) < 4.78 is 5.35. The topological polar surface area (TPSA) is 66.8 Å². The van der Waals surface area contributed by atoms with Gasteiger partial charge in [-0.25, -0.2) is 4.79 Å². The first kappa shape index (κ1) is 13.2. The molecule has 0 spiro atoms. The Kier molecular flexibility index (Phi) is 3.25. The van der Waals surface area contributed by atoms with Gasteiger partial charge in [0.25, 0.3) is 0 Å². The van der Waals surface area contributed by atoms with Crippen molar-refractivity contribution in [2.75, 3.05) is 6.54 Å². The lowest BCUT2D eigenvalue weighted by Gasteiger charge is -2.29. The van der Waals surface area contributed by atoms with E-state index in [2.05, 4.69) is 0 Å². The van der Waals surface area contributed by atoms with Crippen molar-refractivity contribution in [3.63, 3.8) is 0 Å². The van der Waals surface area contributed by atoms with Gasteiger partial charge in [-0.05, 0) is 46.0 Å². The van der Waals surface area contributed by atoms with E-state index in [1.807, 2.05) is 20.8 Å². The zero-order valence-electron chi connectivity index (χ0n) is 11.2. The van der Waals surface area contributed by atoms with Crippen LogP contribution in [0.2, 0.25) is 0 Å². The van der Waals surface area contributed by atoms with Crippen molar-refractivity contribution in [3.8, 4) is 0 Å². The number of amides is 1. The third-order valence-corrected chi connectivity index (χ3v) is 3.50. The number of carbonyl (C=O) groups is 2. The highest BCUT2D eigenvalue weighted by molar-refractivity contribution is 5.75. The van der Waals surface area contributed by atoms with Gasteiger partial charge >= 0.3 is 12.1 Å². The molecule has 0 bridgehead atoms. The number of aliphatic carboxylic acids is 1. The first-order valence-corrected chi connectivity index (χ1v) is 6.52. The molecular formula is C13H21NO4. The second-order valence-corrected chi connectivity index (χ2v) is 6.24. The SMILES string of the molecule is CC(C)(C)OC(=O)N1CCC(C(=O)O)C1C1CC1. The van der Waals surface area contributed by atoms with E-state index in [1.165, 1.54) is 0 Å². The van der Waals surface area contributed by atoms with Crippen LogP contribution in [0.15, 0.2) is 0 Å². The van der Waals surface area contributed by atoms with E-state index < -0.39 is 17.5 Å². The van der Waals surface area contributed by atoms with Crippen molar-refractivity contribution < 1.29 is 19.4 Å². The Bertz CT molecular complexity index is 356. The van der Waals surface area contributed by atoms with Crippen LogP contribution in [0.5, 0.6) is 0 Å². The van der Waals surface area contributed by atoms with Crippen molar-refractivity contribution >= 4 is 12.1 Å².